The van der Waals surface area contributed by atoms with Gasteiger partial charge >= 0.3 is 6.18 Å². The van der Waals surface area contributed by atoms with Gasteiger partial charge in [0.2, 0.25) is 15.9 Å². The van der Waals surface area contributed by atoms with Crippen LogP contribution >= 0.6 is 0 Å². The van der Waals surface area contributed by atoms with Crippen LogP contribution in [0.3, 0.4) is 0 Å². The summed E-state index contributed by atoms with van der Waals surface area (Å²) in [5, 5.41) is 2.64. The van der Waals surface area contributed by atoms with Crippen LogP contribution in [-0.2, 0) is 27.5 Å². The predicted octanol–water partition coefficient (Wildman–Crippen LogP) is 4.66. The van der Waals surface area contributed by atoms with E-state index in [0.717, 1.165) is 22.0 Å². The van der Waals surface area contributed by atoms with Gasteiger partial charge in [0.15, 0.2) is 0 Å². The second-order valence-electron chi connectivity index (χ2n) is 9.88. The number of alkyl halides is 3. The van der Waals surface area contributed by atoms with E-state index in [1.807, 2.05) is 13.8 Å². The maximum atomic E-state index is 13.7. The van der Waals surface area contributed by atoms with E-state index in [1.165, 1.54) is 29.2 Å². The zero-order valence-electron chi connectivity index (χ0n) is 22.1. The molecule has 1 atom stereocenters. The zero-order valence-corrected chi connectivity index (χ0v) is 22.9. The van der Waals surface area contributed by atoms with Crippen LogP contribution < -0.4 is 5.32 Å². The number of halogens is 3. The van der Waals surface area contributed by atoms with Gasteiger partial charge in [-0.1, -0.05) is 56.3 Å². The summed E-state index contributed by atoms with van der Waals surface area (Å²) in [6.45, 7) is 3.66. The lowest BCUT2D eigenvalue weighted by Crippen LogP contribution is -2.61. The van der Waals surface area contributed by atoms with Gasteiger partial charge in [0, 0.05) is 31.7 Å². The molecular formula is C29H30F3N3O4S. The monoisotopic (exact) mass is 573 g/mol. The van der Waals surface area contributed by atoms with Gasteiger partial charge in [0.1, 0.15) is 6.04 Å². The highest BCUT2D eigenvalue weighted by Gasteiger charge is 2.41. The molecule has 0 aromatic heterocycles. The molecule has 0 saturated carbocycles. The Kier molecular flexibility index (Phi) is 8.65. The van der Waals surface area contributed by atoms with Crippen molar-refractivity contribution in [2.75, 3.05) is 19.6 Å². The highest BCUT2D eigenvalue weighted by atomic mass is 32.2. The molecular weight excluding hydrogens is 543 g/mol. The molecule has 212 valence electrons. The summed E-state index contributed by atoms with van der Waals surface area (Å²) in [7, 11) is -4.11. The first kappa shape index (κ1) is 29.3. The molecule has 3 aromatic rings. The first-order chi connectivity index (χ1) is 18.9. The Morgan fingerprint density at radius 2 is 1.55 bits per heavy atom. The van der Waals surface area contributed by atoms with Crippen LogP contribution in [0.5, 0.6) is 0 Å². The fraction of sp³-hybridized carbons (Fsp3) is 0.310. The summed E-state index contributed by atoms with van der Waals surface area (Å²) in [6.07, 6.45) is -4.49. The van der Waals surface area contributed by atoms with E-state index >= 15 is 0 Å². The lowest BCUT2D eigenvalue weighted by atomic mass is 10.0. The van der Waals surface area contributed by atoms with Gasteiger partial charge in [-0.15, -0.1) is 0 Å². The Labute approximate surface area is 231 Å². The number of carbonyl (C=O) groups is 2. The third kappa shape index (κ3) is 6.53. The lowest BCUT2D eigenvalue weighted by Gasteiger charge is -2.39. The van der Waals surface area contributed by atoms with Crippen molar-refractivity contribution >= 4 is 21.8 Å². The highest BCUT2D eigenvalue weighted by Crippen LogP contribution is 2.29. The minimum absolute atomic E-state index is 0.0280. The van der Waals surface area contributed by atoms with Crippen LogP contribution in [0.2, 0.25) is 0 Å². The van der Waals surface area contributed by atoms with Crippen molar-refractivity contribution in [1.29, 1.82) is 0 Å². The van der Waals surface area contributed by atoms with E-state index in [1.54, 1.807) is 42.5 Å². The van der Waals surface area contributed by atoms with E-state index in [2.05, 4.69) is 5.32 Å². The van der Waals surface area contributed by atoms with Crippen LogP contribution in [0, 0.1) is 0 Å². The Morgan fingerprint density at radius 3 is 2.12 bits per heavy atom. The summed E-state index contributed by atoms with van der Waals surface area (Å²) >= 11 is 0. The third-order valence-corrected chi connectivity index (χ3v) is 8.77. The summed E-state index contributed by atoms with van der Waals surface area (Å²) in [5.41, 5.74) is 0.966. The number of sulfonamides is 1. The minimum atomic E-state index is -4.49. The number of hydrogen-bond acceptors (Lipinski definition) is 4. The van der Waals surface area contributed by atoms with Crippen LogP contribution in [0.4, 0.5) is 13.2 Å². The molecule has 11 heteroatoms. The number of nitrogens with zero attached hydrogens (tertiary/aromatic N) is 2. The van der Waals surface area contributed by atoms with Crippen molar-refractivity contribution in [3.05, 3.63) is 101 Å². The minimum Gasteiger partial charge on any atom is -0.351 e. The van der Waals surface area contributed by atoms with Crippen LogP contribution in [-0.4, -0.2) is 55.1 Å². The molecule has 1 aliphatic heterocycles. The SMILES string of the molecule is CC(C)c1ccc(S(=O)(=O)N2CCN(C(=O)c3ccccc3)CC2C(=O)NCc2ccc(C(F)(F)F)cc2)cc1. The van der Waals surface area contributed by atoms with Gasteiger partial charge in [-0.25, -0.2) is 8.42 Å². The fourth-order valence-electron chi connectivity index (χ4n) is 4.49. The van der Waals surface area contributed by atoms with Crippen molar-refractivity contribution in [2.45, 2.75) is 43.4 Å². The van der Waals surface area contributed by atoms with Crippen molar-refractivity contribution < 1.29 is 31.2 Å². The normalized spacial score (nSPS) is 16.6. The quantitative estimate of drug-likeness (QED) is 0.446. The molecule has 1 unspecified atom stereocenters. The summed E-state index contributed by atoms with van der Waals surface area (Å²) < 4.78 is 67.1. The number of nitrogens with one attached hydrogen (secondary N) is 1. The molecule has 40 heavy (non-hydrogen) atoms. The van der Waals surface area contributed by atoms with Gasteiger partial charge in [0.05, 0.1) is 10.5 Å². The second-order valence-corrected chi connectivity index (χ2v) is 11.8. The standard InChI is InChI=1S/C29H30F3N3O4S/c1-20(2)22-10-14-25(15-11-22)40(38,39)35-17-16-34(28(37)23-6-4-3-5-7-23)19-26(35)27(36)33-18-21-8-12-24(13-9-21)29(30,31)32/h3-15,20,26H,16-19H2,1-2H3,(H,33,36). The van der Waals surface area contributed by atoms with Gasteiger partial charge in [-0.3, -0.25) is 9.59 Å². The van der Waals surface area contributed by atoms with E-state index in [9.17, 15) is 31.2 Å². The molecule has 0 bridgehead atoms. The number of hydrogen-bond donors (Lipinski definition) is 1. The molecule has 1 fully saturated rings. The lowest BCUT2D eigenvalue weighted by molar-refractivity contribution is -0.137. The summed E-state index contributed by atoms with van der Waals surface area (Å²) in [4.78, 5) is 28.0. The number of amides is 2. The van der Waals surface area contributed by atoms with Crippen LogP contribution in [0.25, 0.3) is 0 Å². The topological polar surface area (TPSA) is 86.8 Å². The molecule has 1 aliphatic rings. The molecule has 7 nitrogen and oxygen atoms in total. The first-order valence-corrected chi connectivity index (χ1v) is 14.2. The predicted molar refractivity (Wildman–Crippen MR) is 144 cm³/mol. The fourth-order valence-corrected chi connectivity index (χ4v) is 6.06. The van der Waals surface area contributed by atoms with E-state index < -0.39 is 33.7 Å². The largest absolute Gasteiger partial charge is 0.416 e. The molecule has 2 amide bonds. The average molecular weight is 574 g/mol. The van der Waals surface area contributed by atoms with Crippen LogP contribution in [0.1, 0.15) is 46.8 Å². The maximum absolute atomic E-state index is 13.7. The van der Waals surface area contributed by atoms with E-state index in [0.29, 0.717) is 11.1 Å². The molecule has 0 aliphatic carbocycles. The second kappa shape index (κ2) is 11.8. The number of rotatable bonds is 7. The number of benzene rings is 3. The molecule has 0 spiro atoms. The Morgan fingerprint density at radius 1 is 0.925 bits per heavy atom. The Hall–Kier alpha value is -3.70. The van der Waals surface area contributed by atoms with Crippen molar-refractivity contribution in [3.63, 3.8) is 0 Å². The van der Waals surface area contributed by atoms with Gasteiger partial charge in [-0.05, 0) is 53.4 Å². The van der Waals surface area contributed by atoms with Gasteiger partial charge < -0.3 is 10.2 Å². The maximum Gasteiger partial charge on any atom is 0.416 e. The Bertz CT molecular complexity index is 1440. The van der Waals surface area contributed by atoms with E-state index in [-0.39, 0.29) is 42.9 Å². The molecule has 1 N–H and O–H groups in total. The van der Waals surface area contributed by atoms with E-state index in [4.69, 9.17) is 0 Å². The van der Waals surface area contributed by atoms with Crippen molar-refractivity contribution in [2.24, 2.45) is 0 Å². The zero-order chi connectivity index (χ0) is 29.1. The summed E-state index contributed by atoms with van der Waals surface area (Å²) in [5.74, 6) is -0.791. The first-order valence-electron chi connectivity index (χ1n) is 12.8. The Balaban J connectivity index is 1.58. The summed E-state index contributed by atoms with van der Waals surface area (Å²) in [6, 6.07) is 18.0. The number of piperazine rings is 1. The third-order valence-electron chi connectivity index (χ3n) is 6.84. The average Bonchev–Trinajstić information content (AvgIpc) is 2.95. The van der Waals surface area contributed by atoms with Crippen molar-refractivity contribution in [1.82, 2.24) is 14.5 Å². The van der Waals surface area contributed by atoms with Gasteiger partial charge in [-0.2, -0.15) is 17.5 Å². The van der Waals surface area contributed by atoms with Crippen molar-refractivity contribution in [3.8, 4) is 0 Å². The molecule has 0 radical (unpaired) electrons. The smallest absolute Gasteiger partial charge is 0.351 e. The molecule has 1 heterocycles. The van der Waals surface area contributed by atoms with Crippen LogP contribution in [0.15, 0.2) is 83.8 Å². The number of carbonyl (C=O) groups excluding carboxylic acids is 2. The van der Waals surface area contributed by atoms with Gasteiger partial charge in [0.25, 0.3) is 5.91 Å². The molecule has 1 saturated heterocycles. The molecule has 4 rings (SSSR count). The molecule has 3 aromatic carbocycles. The highest BCUT2D eigenvalue weighted by molar-refractivity contribution is 7.89.